The smallest absolute Gasteiger partial charge is 0.164 e. The summed E-state index contributed by atoms with van der Waals surface area (Å²) in [6, 6.07) is 63.8. The Morgan fingerprint density at radius 3 is 1.58 bits per heavy atom. The molecule has 12 aromatic rings. The van der Waals surface area contributed by atoms with Crippen LogP contribution in [0.15, 0.2) is 186 Å². The first-order chi connectivity index (χ1) is 28.2. The molecule has 0 aliphatic carbocycles. The van der Waals surface area contributed by atoms with E-state index in [1.165, 1.54) is 42.0 Å². The lowest BCUT2D eigenvalue weighted by Gasteiger charge is -2.08. The van der Waals surface area contributed by atoms with Crippen LogP contribution in [0, 0.1) is 0 Å². The van der Waals surface area contributed by atoms with E-state index < -0.39 is 0 Å². The molecule has 0 spiro atoms. The van der Waals surface area contributed by atoms with Gasteiger partial charge in [0.25, 0.3) is 0 Å². The number of hydrogen-bond acceptors (Lipinski definition) is 5. The average Bonchev–Trinajstić information content (AvgIpc) is 3.95. The van der Waals surface area contributed by atoms with Crippen molar-refractivity contribution in [3.8, 4) is 51.0 Å². The number of para-hydroxylation sites is 3. The van der Waals surface area contributed by atoms with Gasteiger partial charge in [0.15, 0.2) is 17.5 Å². The van der Waals surface area contributed by atoms with Gasteiger partial charge in [-0.25, -0.2) is 15.0 Å². The molecule has 6 heteroatoms. The van der Waals surface area contributed by atoms with Crippen molar-refractivity contribution in [2.75, 3.05) is 0 Å². The maximum absolute atomic E-state index is 6.68. The van der Waals surface area contributed by atoms with Crippen molar-refractivity contribution in [3.05, 3.63) is 182 Å². The third-order valence-corrected chi connectivity index (χ3v) is 12.2. The number of benzene rings is 8. The second kappa shape index (κ2) is 12.6. The number of fused-ring (bicyclic) bond motifs is 9. The van der Waals surface area contributed by atoms with Crippen LogP contribution in [0.25, 0.3) is 115 Å². The van der Waals surface area contributed by atoms with E-state index in [9.17, 15) is 0 Å². The summed E-state index contributed by atoms with van der Waals surface area (Å²) in [6.45, 7) is 0. The first-order valence-corrected chi connectivity index (χ1v) is 19.8. The summed E-state index contributed by atoms with van der Waals surface area (Å²) < 4.78 is 11.4. The Balaban J connectivity index is 0.955. The van der Waals surface area contributed by atoms with Gasteiger partial charge < -0.3 is 8.98 Å². The zero-order valence-corrected chi connectivity index (χ0v) is 31.2. The lowest BCUT2D eigenvalue weighted by atomic mass is 10.0. The molecule has 8 aromatic carbocycles. The van der Waals surface area contributed by atoms with Gasteiger partial charge in [0.1, 0.15) is 11.2 Å². The quantitative estimate of drug-likeness (QED) is 0.176. The van der Waals surface area contributed by atoms with Gasteiger partial charge in [-0.2, -0.15) is 0 Å². The summed E-state index contributed by atoms with van der Waals surface area (Å²) in [5.74, 6) is 1.96. The Hall–Kier alpha value is -7.41. The van der Waals surface area contributed by atoms with Crippen LogP contribution in [0.1, 0.15) is 0 Å². The normalized spacial score (nSPS) is 11.9. The van der Waals surface area contributed by atoms with Crippen molar-refractivity contribution in [2.24, 2.45) is 0 Å². The van der Waals surface area contributed by atoms with E-state index in [-0.39, 0.29) is 0 Å². The molecule has 0 radical (unpaired) electrons. The van der Waals surface area contributed by atoms with E-state index in [0.29, 0.717) is 17.5 Å². The molecule has 5 nitrogen and oxygen atoms in total. The minimum absolute atomic E-state index is 0.653. The van der Waals surface area contributed by atoms with Crippen molar-refractivity contribution in [3.63, 3.8) is 0 Å². The zero-order valence-electron chi connectivity index (χ0n) is 30.4. The Kier molecular flexibility index (Phi) is 7.03. The molecule has 0 aliphatic rings. The highest BCUT2D eigenvalue weighted by Gasteiger charge is 2.18. The fraction of sp³-hybridized carbons (Fsp3) is 0. The average molecular weight is 747 g/mol. The molecule has 266 valence electrons. The zero-order chi connectivity index (χ0) is 37.5. The standard InChI is InChI=1S/C51H30N4OS/c1-3-12-31(13-4-1)49-52-50(32-14-5-2-6-15-32)54-51(53-49)34-23-26-40-39-25-22-33(28-46(39)57-47(40)29-34)36-18-11-19-41-42-30-35(24-27-45(42)56-48(36)41)55-43-20-9-7-16-37(43)38-17-8-10-21-44(38)55/h1-30H. The van der Waals surface area contributed by atoms with Crippen LogP contribution >= 0.6 is 11.3 Å². The fourth-order valence-electron chi connectivity index (χ4n) is 8.37. The number of thiophene rings is 1. The number of rotatable bonds is 5. The van der Waals surface area contributed by atoms with Gasteiger partial charge >= 0.3 is 0 Å². The maximum atomic E-state index is 6.68. The summed E-state index contributed by atoms with van der Waals surface area (Å²) >= 11 is 1.79. The van der Waals surface area contributed by atoms with E-state index in [4.69, 9.17) is 19.4 Å². The van der Waals surface area contributed by atoms with Crippen LogP contribution in [0.2, 0.25) is 0 Å². The Labute approximate surface area is 330 Å². The van der Waals surface area contributed by atoms with E-state index in [1.807, 2.05) is 60.7 Å². The van der Waals surface area contributed by atoms with Gasteiger partial charge in [0, 0.05) is 69.7 Å². The molecule has 0 N–H and O–H groups in total. The molecule has 4 aromatic heterocycles. The minimum atomic E-state index is 0.653. The van der Waals surface area contributed by atoms with Crippen LogP contribution in [0.5, 0.6) is 0 Å². The molecule has 0 aliphatic heterocycles. The van der Waals surface area contributed by atoms with E-state index in [1.54, 1.807) is 11.3 Å². The van der Waals surface area contributed by atoms with Gasteiger partial charge in [-0.3, -0.25) is 0 Å². The molecular weight excluding hydrogens is 717 g/mol. The summed E-state index contributed by atoms with van der Waals surface area (Å²) in [4.78, 5) is 14.8. The summed E-state index contributed by atoms with van der Waals surface area (Å²) in [6.07, 6.45) is 0. The Bertz CT molecular complexity index is 3420. The highest BCUT2D eigenvalue weighted by molar-refractivity contribution is 7.25. The molecule has 0 atom stereocenters. The van der Waals surface area contributed by atoms with E-state index in [2.05, 4.69) is 126 Å². The first-order valence-electron chi connectivity index (χ1n) is 19.0. The molecule has 0 bridgehead atoms. The highest BCUT2D eigenvalue weighted by Crippen LogP contribution is 2.42. The lowest BCUT2D eigenvalue weighted by molar-refractivity contribution is 0.670. The topological polar surface area (TPSA) is 56.7 Å². The molecule has 0 amide bonds. The largest absolute Gasteiger partial charge is 0.455 e. The highest BCUT2D eigenvalue weighted by atomic mass is 32.1. The van der Waals surface area contributed by atoms with Crippen molar-refractivity contribution in [2.45, 2.75) is 0 Å². The first kappa shape index (κ1) is 31.9. The third kappa shape index (κ3) is 5.12. The molecule has 0 fully saturated rings. The van der Waals surface area contributed by atoms with Gasteiger partial charge in [0.05, 0.1) is 11.0 Å². The van der Waals surface area contributed by atoms with Crippen molar-refractivity contribution in [1.82, 2.24) is 19.5 Å². The lowest BCUT2D eigenvalue weighted by Crippen LogP contribution is -1.99. The molecular formula is C51H30N4OS. The van der Waals surface area contributed by atoms with Crippen LogP contribution in [0.3, 0.4) is 0 Å². The van der Waals surface area contributed by atoms with Crippen LogP contribution in [-0.2, 0) is 0 Å². The minimum Gasteiger partial charge on any atom is -0.455 e. The molecule has 4 heterocycles. The van der Waals surface area contributed by atoms with Crippen LogP contribution < -0.4 is 0 Å². The van der Waals surface area contributed by atoms with Gasteiger partial charge in [-0.1, -0.05) is 140 Å². The maximum Gasteiger partial charge on any atom is 0.164 e. The second-order valence-corrected chi connectivity index (χ2v) is 15.5. The van der Waals surface area contributed by atoms with Crippen LogP contribution in [0.4, 0.5) is 0 Å². The second-order valence-electron chi connectivity index (χ2n) is 14.4. The Morgan fingerprint density at radius 1 is 0.386 bits per heavy atom. The predicted molar refractivity (Wildman–Crippen MR) is 236 cm³/mol. The fourth-order valence-corrected chi connectivity index (χ4v) is 9.56. The summed E-state index contributed by atoms with van der Waals surface area (Å²) in [5, 5.41) is 7.15. The molecule has 0 unspecified atom stereocenters. The summed E-state index contributed by atoms with van der Waals surface area (Å²) in [5.41, 5.74) is 10.3. The number of aromatic nitrogens is 4. The van der Waals surface area contributed by atoms with Crippen molar-refractivity contribution < 1.29 is 4.42 Å². The molecule has 0 saturated carbocycles. The summed E-state index contributed by atoms with van der Waals surface area (Å²) in [7, 11) is 0. The Morgan fingerprint density at radius 2 is 0.930 bits per heavy atom. The van der Waals surface area contributed by atoms with Gasteiger partial charge in [0.2, 0.25) is 0 Å². The van der Waals surface area contributed by atoms with Crippen LogP contribution in [-0.4, -0.2) is 19.5 Å². The molecule has 0 saturated heterocycles. The van der Waals surface area contributed by atoms with Gasteiger partial charge in [-0.05, 0) is 48.0 Å². The van der Waals surface area contributed by atoms with E-state index >= 15 is 0 Å². The third-order valence-electron chi connectivity index (χ3n) is 11.1. The SMILES string of the molecule is c1ccc(-c2nc(-c3ccccc3)nc(-c3ccc4c(c3)sc3cc(-c5cccc6c5oc5ccc(-n7c8ccccc8c8ccccc87)cc56)ccc34)n2)cc1. The predicted octanol–water partition coefficient (Wildman–Crippen LogP) is 13.9. The van der Waals surface area contributed by atoms with Crippen molar-refractivity contribution >= 4 is 75.3 Å². The van der Waals surface area contributed by atoms with Crippen molar-refractivity contribution in [1.29, 1.82) is 0 Å². The number of hydrogen-bond donors (Lipinski definition) is 0. The molecule has 12 rings (SSSR count). The number of furan rings is 1. The van der Waals surface area contributed by atoms with E-state index in [0.717, 1.165) is 55.4 Å². The monoisotopic (exact) mass is 746 g/mol. The molecule has 57 heavy (non-hydrogen) atoms. The van der Waals surface area contributed by atoms with Gasteiger partial charge in [-0.15, -0.1) is 11.3 Å². The number of nitrogens with zero attached hydrogens (tertiary/aromatic N) is 4.